The maximum atomic E-state index is 13.3. The van der Waals surface area contributed by atoms with Gasteiger partial charge in [-0.05, 0) is 68.3 Å². The summed E-state index contributed by atoms with van der Waals surface area (Å²) in [5.41, 5.74) is 3.53. The van der Waals surface area contributed by atoms with Gasteiger partial charge in [0.15, 0.2) is 0 Å². The number of amides is 1. The van der Waals surface area contributed by atoms with Gasteiger partial charge in [0, 0.05) is 48.8 Å². The summed E-state index contributed by atoms with van der Waals surface area (Å²) >= 11 is 0. The fraction of sp³-hybridized carbons (Fsp3) is 0.500. The third-order valence-electron chi connectivity index (χ3n) is 8.26. The molecule has 2 bridgehead atoms. The number of aromatic nitrogens is 1. The third-order valence-corrected chi connectivity index (χ3v) is 8.26. The molecule has 3 aliphatic heterocycles. The van der Waals surface area contributed by atoms with Gasteiger partial charge in [-0.25, -0.2) is 0 Å². The molecule has 0 saturated carbocycles. The van der Waals surface area contributed by atoms with Gasteiger partial charge in [-0.2, -0.15) is 0 Å². The molecule has 1 amide bonds. The Kier molecular flexibility index (Phi) is 7.93. The summed E-state index contributed by atoms with van der Waals surface area (Å²) < 4.78 is 6.23. The third kappa shape index (κ3) is 5.76. The van der Waals surface area contributed by atoms with E-state index in [4.69, 9.17) is 4.74 Å². The zero-order chi connectivity index (χ0) is 24.8. The number of aryl methyl sites for hydroxylation is 1. The van der Waals surface area contributed by atoms with Crippen molar-refractivity contribution in [2.24, 2.45) is 5.41 Å². The number of hydrogen-bond donors (Lipinski definition) is 2. The predicted molar refractivity (Wildman–Crippen MR) is 143 cm³/mol. The van der Waals surface area contributed by atoms with Crippen LogP contribution in [0, 0.1) is 5.41 Å². The number of aliphatic hydroxyl groups excluding tert-OH is 1. The maximum absolute atomic E-state index is 13.3. The summed E-state index contributed by atoms with van der Waals surface area (Å²) in [4.78, 5) is 21.1. The van der Waals surface area contributed by atoms with E-state index in [0.29, 0.717) is 19.6 Å². The van der Waals surface area contributed by atoms with Gasteiger partial charge in [-0.1, -0.05) is 42.8 Å². The number of rotatable bonds is 4. The van der Waals surface area contributed by atoms with E-state index in [0.717, 1.165) is 76.0 Å². The maximum Gasteiger partial charge on any atom is 0.223 e. The molecule has 1 fully saturated rings. The second-order valence-electron chi connectivity index (χ2n) is 10.6. The second-order valence-corrected chi connectivity index (χ2v) is 10.6. The predicted octanol–water partition coefficient (Wildman–Crippen LogP) is 4.77. The number of ether oxygens (including phenoxy) is 1. The first-order chi connectivity index (χ1) is 17.7. The topological polar surface area (TPSA) is 68.8 Å². The highest BCUT2D eigenvalue weighted by Gasteiger charge is 2.33. The number of nitrogens with one attached hydrogen (secondary N) is 1. The molecule has 6 heteroatoms. The number of aromatic amines is 1. The molecular weight excluding hydrogens is 450 g/mol. The summed E-state index contributed by atoms with van der Waals surface area (Å²) in [5.74, 6) is 1.10. The first-order valence-corrected chi connectivity index (χ1v) is 13.5. The number of para-hydroxylation sites is 2. The Morgan fingerprint density at radius 2 is 1.78 bits per heavy atom. The Bertz CT molecular complexity index is 1150. The molecule has 1 aromatic heterocycles. The van der Waals surface area contributed by atoms with Crippen molar-refractivity contribution in [3.63, 3.8) is 0 Å². The van der Waals surface area contributed by atoms with Crippen molar-refractivity contribution in [3.8, 4) is 5.75 Å². The number of aliphatic hydroxyl groups is 1. The van der Waals surface area contributed by atoms with E-state index in [9.17, 15) is 9.90 Å². The van der Waals surface area contributed by atoms with Crippen LogP contribution in [0.1, 0.15) is 49.7 Å². The van der Waals surface area contributed by atoms with Gasteiger partial charge in [0.05, 0.1) is 6.54 Å². The molecule has 36 heavy (non-hydrogen) atoms. The number of benzene rings is 2. The lowest BCUT2D eigenvalue weighted by atomic mass is 9.75. The molecule has 0 aliphatic carbocycles. The van der Waals surface area contributed by atoms with Crippen LogP contribution in [0.4, 0.5) is 0 Å². The summed E-state index contributed by atoms with van der Waals surface area (Å²) in [5, 5.41) is 11.4. The molecule has 0 unspecified atom stereocenters. The fourth-order valence-electron chi connectivity index (χ4n) is 5.86. The number of carbonyl (C=O) groups excluding carboxylic acids is 1. The first-order valence-electron chi connectivity index (χ1n) is 13.5. The highest BCUT2D eigenvalue weighted by molar-refractivity contribution is 5.84. The van der Waals surface area contributed by atoms with Crippen LogP contribution in [0.15, 0.2) is 54.7 Å². The highest BCUT2D eigenvalue weighted by atomic mass is 16.5. The average molecular weight is 490 g/mol. The Morgan fingerprint density at radius 1 is 0.972 bits per heavy atom. The smallest absolute Gasteiger partial charge is 0.223 e. The Hall–Kier alpha value is -2.83. The molecule has 0 radical (unpaired) electrons. The number of hydrogen-bond acceptors (Lipinski definition) is 4. The molecule has 6 rings (SSSR count). The minimum Gasteiger partial charge on any atom is -0.491 e. The van der Waals surface area contributed by atoms with Crippen LogP contribution in [0.3, 0.4) is 0 Å². The summed E-state index contributed by atoms with van der Waals surface area (Å²) in [6, 6.07) is 16.5. The standard InChI is InChI=1S/C30H39N3O3/c34-23-30-13-5-6-16-33(29(35)12-11-24-21-31-27-9-3-2-8-26(24)27)19-20-36-28-10-4-1-7-25(28)22-32(17-14-30)18-15-30/h1-4,7-10,21,31,34H,5-6,11-20,22-23H2. The lowest BCUT2D eigenvalue weighted by Crippen LogP contribution is -2.41. The largest absolute Gasteiger partial charge is 0.491 e. The lowest BCUT2D eigenvalue weighted by molar-refractivity contribution is -0.131. The van der Waals surface area contributed by atoms with Gasteiger partial charge >= 0.3 is 0 Å². The molecule has 3 aliphatic rings. The Morgan fingerprint density at radius 3 is 2.64 bits per heavy atom. The van der Waals surface area contributed by atoms with Crippen molar-refractivity contribution in [1.29, 1.82) is 0 Å². The molecular formula is C30H39N3O3. The SMILES string of the molecule is O=C(CCc1c[nH]c2ccccc12)N1CCCCC2(CO)CCN(CC2)Cc2ccccc2OCC1. The van der Waals surface area contributed by atoms with Gasteiger partial charge < -0.3 is 19.7 Å². The molecule has 192 valence electrons. The van der Waals surface area contributed by atoms with Crippen LogP contribution in [0.5, 0.6) is 5.75 Å². The summed E-state index contributed by atoms with van der Waals surface area (Å²) in [6.45, 7) is 4.97. The van der Waals surface area contributed by atoms with Crippen LogP contribution in [0.25, 0.3) is 10.9 Å². The first kappa shape index (κ1) is 24.8. The van der Waals surface area contributed by atoms with Crippen LogP contribution >= 0.6 is 0 Å². The molecule has 4 heterocycles. The average Bonchev–Trinajstić information content (AvgIpc) is 3.33. The molecule has 2 aromatic carbocycles. The van der Waals surface area contributed by atoms with Gasteiger partial charge in [0.25, 0.3) is 0 Å². The number of carbonyl (C=O) groups is 1. The van der Waals surface area contributed by atoms with E-state index in [1.807, 2.05) is 35.4 Å². The molecule has 0 atom stereocenters. The minimum atomic E-state index is 0.0247. The van der Waals surface area contributed by atoms with Crippen molar-refractivity contribution in [2.45, 2.75) is 51.5 Å². The van der Waals surface area contributed by atoms with Crippen molar-refractivity contribution < 1.29 is 14.6 Å². The Balaban J connectivity index is 1.27. The number of piperidine rings is 1. The second kappa shape index (κ2) is 11.5. The zero-order valence-electron chi connectivity index (χ0n) is 21.3. The molecule has 6 nitrogen and oxygen atoms in total. The van der Waals surface area contributed by atoms with Crippen LogP contribution in [-0.2, 0) is 17.8 Å². The molecule has 0 spiro atoms. The molecule has 2 N–H and O–H groups in total. The lowest BCUT2D eigenvalue weighted by Gasteiger charge is -2.41. The molecule has 1 saturated heterocycles. The summed E-state index contributed by atoms with van der Waals surface area (Å²) in [7, 11) is 0. The van der Waals surface area contributed by atoms with Gasteiger partial charge in [0.1, 0.15) is 12.4 Å². The van der Waals surface area contributed by atoms with Crippen molar-refractivity contribution in [3.05, 3.63) is 65.9 Å². The van der Waals surface area contributed by atoms with Crippen LogP contribution in [-0.4, -0.2) is 65.2 Å². The van der Waals surface area contributed by atoms with Crippen molar-refractivity contribution >= 4 is 16.8 Å². The Labute approximate surface area is 214 Å². The number of fused-ring (bicyclic) bond motifs is 10. The van der Waals surface area contributed by atoms with E-state index < -0.39 is 0 Å². The quantitative estimate of drug-likeness (QED) is 0.554. The van der Waals surface area contributed by atoms with Gasteiger partial charge in [-0.15, -0.1) is 0 Å². The number of nitrogens with zero attached hydrogens (tertiary/aromatic N) is 2. The van der Waals surface area contributed by atoms with Gasteiger partial charge in [0.2, 0.25) is 5.91 Å². The van der Waals surface area contributed by atoms with Crippen LogP contribution in [0.2, 0.25) is 0 Å². The van der Waals surface area contributed by atoms with Gasteiger partial charge in [-0.3, -0.25) is 9.69 Å². The molecule has 3 aromatic rings. The highest BCUT2D eigenvalue weighted by Crippen LogP contribution is 2.37. The summed E-state index contributed by atoms with van der Waals surface area (Å²) in [6.07, 6.45) is 8.33. The van der Waals surface area contributed by atoms with Crippen molar-refractivity contribution in [2.75, 3.05) is 39.4 Å². The van der Waals surface area contributed by atoms with E-state index >= 15 is 0 Å². The van der Waals surface area contributed by atoms with Crippen LogP contribution < -0.4 is 4.74 Å². The monoisotopic (exact) mass is 489 g/mol. The van der Waals surface area contributed by atoms with E-state index in [2.05, 4.69) is 34.1 Å². The fourth-order valence-corrected chi connectivity index (χ4v) is 5.86. The zero-order valence-corrected chi connectivity index (χ0v) is 21.3. The van der Waals surface area contributed by atoms with Crippen molar-refractivity contribution in [1.82, 2.24) is 14.8 Å². The van der Waals surface area contributed by atoms with E-state index in [1.165, 1.54) is 16.5 Å². The van der Waals surface area contributed by atoms with E-state index in [-0.39, 0.29) is 17.9 Å². The van der Waals surface area contributed by atoms with E-state index in [1.54, 1.807) is 0 Å². The number of H-pyrrole nitrogens is 1. The minimum absolute atomic E-state index is 0.0247. The normalized spacial score (nSPS) is 23.5.